The van der Waals surface area contributed by atoms with Gasteiger partial charge in [0.2, 0.25) is 5.91 Å². The van der Waals surface area contributed by atoms with Gasteiger partial charge >= 0.3 is 12.1 Å². The molecule has 0 unspecified atom stereocenters. The minimum atomic E-state index is -4.48. The van der Waals surface area contributed by atoms with Crippen LogP contribution in [-0.4, -0.2) is 36.4 Å². The second-order valence-electron chi connectivity index (χ2n) is 6.18. The van der Waals surface area contributed by atoms with Gasteiger partial charge in [-0.1, -0.05) is 18.2 Å². The number of carboxylic acids is 1. The van der Waals surface area contributed by atoms with E-state index in [1.54, 1.807) is 6.07 Å². The summed E-state index contributed by atoms with van der Waals surface area (Å²) in [5.74, 6) is -1.24. The minimum absolute atomic E-state index is 0.202. The van der Waals surface area contributed by atoms with Crippen molar-refractivity contribution in [1.29, 1.82) is 0 Å². The number of halogens is 3. The highest BCUT2D eigenvalue weighted by molar-refractivity contribution is 5.84. The lowest BCUT2D eigenvalue weighted by atomic mass is 10.1. The van der Waals surface area contributed by atoms with E-state index in [4.69, 9.17) is 14.6 Å². The van der Waals surface area contributed by atoms with Crippen molar-refractivity contribution in [2.45, 2.75) is 25.6 Å². The Kier molecular flexibility index (Phi) is 7.40. The number of ether oxygens (including phenoxy) is 2. The summed E-state index contributed by atoms with van der Waals surface area (Å²) in [6.45, 7) is 1.37. The van der Waals surface area contributed by atoms with Crippen LogP contribution in [0.2, 0.25) is 0 Å². The number of amides is 1. The maximum Gasteiger partial charge on any atom is 0.416 e. The summed E-state index contributed by atoms with van der Waals surface area (Å²) in [5.41, 5.74) is 2.12. The van der Waals surface area contributed by atoms with Crippen molar-refractivity contribution in [3.8, 4) is 11.5 Å². The third-order valence-electron chi connectivity index (χ3n) is 3.86. The van der Waals surface area contributed by atoms with E-state index in [9.17, 15) is 22.8 Å². The van der Waals surface area contributed by atoms with Gasteiger partial charge in [-0.25, -0.2) is 10.2 Å². The van der Waals surface area contributed by atoms with Crippen molar-refractivity contribution in [2.75, 3.05) is 7.11 Å². The molecule has 2 N–H and O–H groups in total. The van der Waals surface area contributed by atoms with E-state index in [2.05, 4.69) is 10.5 Å². The van der Waals surface area contributed by atoms with Crippen LogP contribution in [0.4, 0.5) is 13.2 Å². The molecule has 0 aromatic heterocycles. The molecule has 0 radical (unpaired) electrons. The summed E-state index contributed by atoms with van der Waals surface area (Å²) < 4.78 is 48.6. The number of alkyl halides is 3. The average Bonchev–Trinajstić information content (AvgIpc) is 2.68. The van der Waals surface area contributed by atoms with Crippen LogP contribution in [0.3, 0.4) is 0 Å². The number of aliphatic carboxylic acids is 1. The number of benzene rings is 2. The maximum atomic E-state index is 12.7. The van der Waals surface area contributed by atoms with E-state index in [0.717, 1.165) is 12.1 Å². The number of rotatable bonds is 8. The Balaban J connectivity index is 1.99. The number of methoxy groups -OCH3 is 1. The Bertz CT molecular complexity index is 944. The molecule has 160 valence electrons. The van der Waals surface area contributed by atoms with Crippen molar-refractivity contribution in [3.05, 3.63) is 59.2 Å². The van der Waals surface area contributed by atoms with Gasteiger partial charge in [-0.2, -0.15) is 18.3 Å². The van der Waals surface area contributed by atoms with Gasteiger partial charge in [0.1, 0.15) is 0 Å². The maximum absolute atomic E-state index is 12.7. The van der Waals surface area contributed by atoms with Gasteiger partial charge in [0.25, 0.3) is 0 Å². The predicted molar refractivity (Wildman–Crippen MR) is 102 cm³/mol. The summed E-state index contributed by atoms with van der Waals surface area (Å²) in [7, 11) is 1.38. The first-order valence-electron chi connectivity index (χ1n) is 8.65. The highest BCUT2D eigenvalue weighted by Gasteiger charge is 2.30. The number of carboxylic acid groups (broad SMARTS) is 1. The third kappa shape index (κ3) is 6.50. The first-order valence-corrected chi connectivity index (χ1v) is 8.65. The Labute approximate surface area is 170 Å². The van der Waals surface area contributed by atoms with Crippen LogP contribution in [0.15, 0.2) is 47.6 Å². The number of nitrogens with zero attached hydrogens (tertiary/aromatic N) is 1. The lowest BCUT2D eigenvalue weighted by Crippen LogP contribution is -2.23. The van der Waals surface area contributed by atoms with Gasteiger partial charge in [0.15, 0.2) is 17.6 Å². The van der Waals surface area contributed by atoms with Crippen LogP contribution < -0.4 is 14.9 Å². The SMILES string of the molecule is COc1cc(/C=N/NC(=O)Cc2cccc(C(F)(F)F)c2)ccc1O[C@@H](C)C(=O)O. The second kappa shape index (κ2) is 9.77. The van der Waals surface area contributed by atoms with Gasteiger partial charge in [0.05, 0.1) is 25.3 Å². The van der Waals surface area contributed by atoms with E-state index >= 15 is 0 Å². The molecule has 2 aromatic rings. The molecule has 0 saturated carbocycles. The molecule has 0 fully saturated rings. The second-order valence-corrected chi connectivity index (χ2v) is 6.18. The molecule has 0 aliphatic carbocycles. The molecule has 0 spiro atoms. The Morgan fingerprint density at radius 1 is 1.20 bits per heavy atom. The zero-order valence-corrected chi connectivity index (χ0v) is 16.1. The highest BCUT2D eigenvalue weighted by Crippen LogP contribution is 2.30. The smallest absolute Gasteiger partial charge is 0.416 e. The van der Waals surface area contributed by atoms with Crippen molar-refractivity contribution < 1.29 is 37.3 Å². The lowest BCUT2D eigenvalue weighted by molar-refractivity contribution is -0.144. The quantitative estimate of drug-likeness (QED) is 0.501. The fourth-order valence-electron chi connectivity index (χ4n) is 2.36. The van der Waals surface area contributed by atoms with Gasteiger partial charge < -0.3 is 14.6 Å². The summed E-state index contributed by atoms with van der Waals surface area (Å²) in [5, 5.41) is 12.7. The molecule has 1 amide bonds. The van der Waals surface area contributed by atoms with Crippen molar-refractivity contribution in [3.63, 3.8) is 0 Å². The standard InChI is InChI=1S/C20H19F3N2O5/c1-12(19(27)28)30-16-7-6-14(9-17(16)29-2)11-24-25-18(26)10-13-4-3-5-15(8-13)20(21,22)23/h3-9,11-12H,10H2,1-2H3,(H,25,26)(H,27,28)/b24-11+/t12-/m0/s1. The Morgan fingerprint density at radius 3 is 2.57 bits per heavy atom. The van der Waals surface area contributed by atoms with Crippen molar-refractivity contribution in [1.82, 2.24) is 5.43 Å². The van der Waals surface area contributed by atoms with E-state index in [1.165, 1.54) is 44.5 Å². The molecule has 0 heterocycles. The molecular formula is C20H19F3N2O5. The number of hydrogen-bond donors (Lipinski definition) is 2. The molecule has 0 aliphatic heterocycles. The number of hydrogen-bond acceptors (Lipinski definition) is 5. The molecule has 10 heteroatoms. The normalized spacial score (nSPS) is 12.4. The minimum Gasteiger partial charge on any atom is -0.493 e. The summed E-state index contributed by atoms with van der Waals surface area (Å²) in [6.07, 6.45) is -4.53. The van der Waals surface area contributed by atoms with E-state index < -0.39 is 29.7 Å². The predicted octanol–water partition coefficient (Wildman–Crippen LogP) is 3.26. The van der Waals surface area contributed by atoms with Crippen LogP contribution in [0.5, 0.6) is 11.5 Å². The van der Waals surface area contributed by atoms with E-state index in [1.807, 2.05) is 0 Å². The van der Waals surface area contributed by atoms with E-state index in [-0.39, 0.29) is 23.5 Å². The molecule has 0 saturated heterocycles. The molecule has 1 atom stereocenters. The average molecular weight is 424 g/mol. The number of carbonyl (C=O) groups is 2. The van der Waals surface area contributed by atoms with Gasteiger partial charge in [-0.15, -0.1) is 0 Å². The lowest BCUT2D eigenvalue weighted by Gasteiger charge is -2.14. The fourth-order valence-corrected chi connectivity index (χ4v) is 2.36. The fraction of sp³-hybridized carbons (Fsp3) is 0.250. The number of nitrogens with one attached hydrogen (secondary N) is 1. The van der Waals surface area contributed by atoms with Crippen LogP contribution in [0.1, 0.15) is 23.6 Å². The summed E-state index contributed by atoms with van der Waals surface area (Å²) >= 11 is 0. The number of carbonyl (C=O) groups excluding carboxylic acids is 1. The highest BCUT2D eigenvalue weighted by atomic mass is 19.4. The van der Waals surface area contributed by atoms with E-state index in [0.29, 0.717) is 5.56 Å². The Morgan fingerprint density at radius 2 is 1.93 bits per heavy atom. The van der Waals surface area contributed by atoms with Gasteiger partial charge in [-0.05, 0) is 42.3 Å². The molecule has 7 nitrogen and oxygen atoms in total. The van der Waals surface area contributed by atoms with Crippen molar-refractivity contribution in [2.24, 2.45) is 5.10 Å². The number of hydrazone groups is 1. The molecule has 2 rings (SSSR count). The van der Waals surface area contributed by atoms with Crippen LogP contribution in [0, 0.1) is 0 Å². The molecule has 30 heavy (non-hydrogen) atoms. The van der Waals surface area contributed by atoms with Crippen molar-refractivity contribution >= 4 is 18.1 Å². The largest absolute Gasteiger partial charge is 0.493 e. The van der Waals surface area contributed by atoms with Gasteiger partial charge in [0, 0.05) is 0 Å². The molecule has 2 aromatic carbocycles. The summed E-state index contributed by atoms with van der Waals surface area (Å²) in [4.78, 5) is 22.8. The summed E-state index contributed by atoms with van der Waals surface area (Å²) in [6, 6.07) is 9.06. The zero-order chi connectivity index (χ0) is 22.3. The molecule has 0 aliphatic rings. The third-order valence-corrected chi connectivity index (χ3v) is 3.86. The molecular weight excluding hydrogens is 405 g/mol. The Hall–Kier alpha value is -3.56. The monoisotopic (exact) mass is 424 g/mol. The topological polar surface area (TPSA) is 97.2 Å². The van der Waals surface area contributed by atoms with Gasteiger partial charge in [-0.3, -0.25) is 4.79 Å². The first kappa shape index (κ1) is 22.7. The molecule has 0 bridgehead atoms. The first-order chi connectivity index (χ1) is 14.1. The van der Waals surface area contributed by atoms with Crippen LogP contribution in [-0.2, 0) is 22.2 Å². The zero-order valence-electron chi connectivity index (χ0n) is 16.1. The van der Waals surface area contributed by atoms with Crippen LogP contribution >= 0.6 is 0 Å². The van der Waals surface area contributed by atoms with Crippen LogP contribution in [0.25, 0.3) is 0 Å².